The lowest BCUT2D eigenvalue weighted by molar-refractivity contribution is -0.464. The van der Waals surface area contributed by atoms with Gasteiger partial charge in [0.05, 0.1) is 54.4 Å². The van der Waals surface area contributed by atoms with Crippen molar-refractivity contribution >= 4 is 11.8 Å². The van der Waals surface area contributed by atoms with Crippen molar-refractivity contribution in [3.05, 3.63) is 141 Å². The minimum atomic E-state index is -1.46. The summed E-state index contributed by atoms with van der Waals surface area (Å²) < 4.78 is 81.3. The van der Waals surface area contributed by atoms with Crippen LogP contribution in [0.25, 0.3) is 20.9 Å². The van der Waals surface area contributed by atoms with Crippen LogP contribution in [0, 0.1) is 0 Å². The van der Waals surface area contributed by atoms with Gasteiger partial charge in [0.1, 0.15) is 71.4 Å². The first-order valence-electron chi connectivity index (χ1n) is 22.0. The quantitative estimate of drug-likeness (QED) is 0.0410. The molecule has 3 fully saturated rings. The van der Waals surface area contributed by atoms with Crippen molar-refractivity contribution in [2.24, 2.45) is 10.2 Å². The fraction of sp³-hybridized carbons (Fsp3) is 0.500. The van der Waals surface area contributed by atoms with Gasteiger partial charge in [0.2, 0.25) is 11.6 Å². The van der Waals surface area contributed by atoms with Crippen molar-refractivity contribution in [2.45, 2.75) is 111 Å². The lowest BCUT2D eigenvalue weighted by Gasteiger charge is -2.57. The van der Waals surface area contributed by atoms with E-state index < -0.39 is 72.0 Å². The van der Waals surface area contributed by atoms with E-state index >= 15 is 0 Å². The molecule has 4 aromatic rings. The number of thioether (sulfide) groups is 1. The zero-order chi connectivity index (χ0) is 48.1. The van der Waals surface area contributed by atoms with Crippen molar-refractivity contribution in [1.82, 2.24) is 0 Å². The van der Waals surface area contributed by atoms with Gasteiger partial charge < -0.3 is 61.6 Å². The molecule has 19 nitrogen and oxygen atoms in total. The Morgan fingerprint density at radius 1 is 0.559 bits per heavy atom. The van der Waals surface area contributed by atoms with E-state index in [2.05, 4.69) is 20.1 Å². The van der Waals surface area contributed by atoms with Crippen LogP contribution in [-0.2, 0) is 67.2 Å². The van der Waals surface area contributed by atoms with Gasteiger partial charge in [0, 0.05) is 28.9 Å². The first-order valence-corrected chi connectivity index (χ1v) is 22.8. The maximum absolute atomic E-state index is 10.2. The second kappa shape index (κ2) is 23.9. The van der Waals surface area contributed by atoms with Gasteiger partial charge in [-0.15, -0.1) is 0 Å². The Kier molecular flexibility index (Phi) is 17.8. The van der Waals surface area contributed by atoms with Crippen molar-refractivity contribution in [3.8, 4) is 17.2 Å². The molecule has 4 aromatic carbocycles. The molecule has 364 valence electrons. The van der Waals surface area contributed by atoms with Gasteiger partial charge in [-0.2, -0.15) is 0 Å². The Balaban J connectivity index is 1.22. The van der Waals surface area contributed by atoms with Crippen LogP contribution in [0.2, 0.25) is 0 Å². The number of rotatable bonds is 22. The molecule has 3 aliphatic heterocycles. The lowest BCUT2D eigenvalue weighted by Crippen LogP contribution is -2.72. The second-order valence-corrected chi connectivity index (χ2v) is 17.5. The zero-order valence-electron chi connectivity index (χ0n) is 39.0. The van der Waals surface area contributed by atoms with Crippen LogP contribution >= 0.6 is 11.8 Å². The molecule has 0 spiro atoms. The maximum atomic E-state index is 10.2. The SMILES string of the molecule is COc1ccc(COC[C@H]2O[C@@H](OC[C@H]3O[C@@H](Sc4ccccc4)[C@H](N=[N+]=[N-])[C@H]4O[C@](C)(OC)[C@@](C)(OC)O[C@@H]43)[C@H](N=[N+]=[N-])[C@@H](OCc3ccc(OC)cc3)[C@@H]2OCc2ccc(OC)cc2)cc1. The summed E-state index contributed by atoms with van der Waals surface area (Å²) >= 11 is 1.36. The maximum Gasteiger partial charge on any atom is 0.220 e. The molecule has 3 heterocycles. The van der Waals surface area contributed by atoms with Crippen LogP contribution in [0.3, 0.4) is 0 Å². The molecule has 12 atom stereocenters. The van der Waals surface area contributed by atoms with E-state index in [9.17, 15) is 11.1 Å². The van der Waals surface area contributed by atoms with Crippen molar-refractivity contribution < 1.29 is 61.6 Å². The highest BCUT2D eigenvalue weighted by molar-refractivity contribution is 7.99. The van der Waals surface area contributed by atoms with E-state index in [1.807, 2.05) is 103 Å². The fourth-order valence-electron chi connectivity index (χ4n) is 8.19. The molecule has 68 heavy (non-hydrogen) atoms. The van der Waals surface area contributed by atoms with E-state index in [4.69, 9.17) is 61.6 Å². The predicted molar refractivity (Wildman–Crippen MR) is 248 cm³/mol. The Bertz CT molecular complexity index is 2290. The molecule has 3 aliphatic rings. The highest BCUT2D eigenvalue weighted by Crippen LogP contribution is 2.47. The third-order valence-corrected chi connectivity index (χ3v) is 13.4. The highest BCUT2D eigenvalue weighted by Gasteiger charge is 2.62. The van der Waals surface area contributed by atoms with Gasteiger partial charge in [-0.05, 0) is 90.1 Å². The van der Waals surface area contributed by atoms with Gasteiger partial charge in [-0.25, -0.2) is 0 Å². The Morgan fingerprint density at radius 3 is 1.57 bits per heavy atom. The molecule has 0 unspecified atom stereocenters. The summed E-state index contributed by atoms with van der Waals surface area (Å²) in [6.07, 6.45) is -6.59. The van der Waals surface area contributed by atoms with Crippen molar-refractivity contribution in [2.75, 3.05) is 48.8 Å². The number of fused-ring (bicyclic) bond motifs is 1. The Morgan fingerprint density at radius 2 is 1.06 bits per heavy atom. The Labute approximate surface area is 399 Å². The molecule has 3 saturated heterocycles. The molecular weight excluding hydrogens is 901 g/mol. The molecule has 0 aliphatic carbocycles. The first kappa shape index (κ1) is 50.7. The van der Waals surface area contributed by atoms with Crippen LogP contribution in [0.4, 0.5) is 0 Å². The van der Waals surface area contributed by atoms with Crippen LogP contribution < -0.4 is 14.2 Å². The summed E-state index contributed by atoms with van der Waals surface area (Å²) in [5.41, 5.74) is 21.8. The van der Waals surface area contributed by atoms with Crippen molar-refractivity contribution in [3.63, 3.8) is 0 Å². The van der Waals surface area contributed by atoms with E-state index in [1.165, 1.54) is 26.0 Å². The standard InChI is InChI=1S/C48H58N6O13S/c1-47(58-6)48(2,59-7)67-44-40(52-54-50)46(68-36-11-9-8-10-12-36)65-38(42(44)66-47)29-63-45-39(51-53-49)43(62-27-32-17-23-35(57-5)24-18-32)41(61-26-31-15-21-34(56-4)22-16-31)37(64-45)28-60-25-30-13-19-33(55-3)20-14-30/h8-24,37-46H,25-29H2,1-7H3/t37-,38-,39-,40-,41-,42-,43-,44-,45-,46+,47+,48+/m1/s1. The van der Waals surface area contributed by atoms with E-state index in [0.717, 1.165) is 21.6 Å². The predicted octanol–water partition coefficient (Wildman–Crippen LogP) is 8.53. The monoisotopic (exact) mass is 958 g/mol. The van der Waals surface area contributed by atoms with E-state index in [1.54, 1.807) is 35.2 Å². The van der Waals surface area contributed by atoms with Crippen LogP contribution in [0.5, 0.6) is 17.2 Å². The fourth-order valence-corrected chi connectivity index (χ4v) is 9.32. The summed E-state index contributed by atoms with van der Waals surface area (Å²) in [7, 11) is 7.77. The average molecular weight is 959 g/mol. The van der Waals surface area contributed by atoms with E-state index in [0.29, 0.717) is 17.2 Å². The summed E-state index contributed by atoms with van der Waals surface area (Å²) in [5, 5.41) is 8.43. The molecular formula is C48H58N6O13S. The van der Waals surface area contributed by atoms with Gasteiger partial charge in [0.25, 0.3) is 0 Å². The summed E-state index contributed by atoms with van der Waals surface area (Å²) in [6.45, 7) is 3.70. The molecule has 0 saturated carbocycles. The third kappa shape index (κ3) is 12.0. The van der Waals surface area contributed by atoms with Crippen molar-refractivity contribution in [1.29, 1.82) is 0 Å². The molecule has 0 amide bonds. The van der Waals surface area contributed by atoms with Gasteiger partial charge in [0.15, 0.2) is 6.29 Å². The van der Waals surface area contributed by atoms with Crippen LogP contribution in [0.1, 0.15) is 30.5 Å². The molecule has 0 bridgehead atoms. The van der Waals surface area contributed by atoms with Crippen LogP contribution in [0.15, 0.2) is 118 Å². The minimum absolute atomic E-state index is 0.0254. The van der Waals surface area contributed by atoms with Gasteiger partial charge in [-0.3, -0.25) is 0 Å². The smallest absolute Gasteiger partial charge is 0.220 e. The minimum Gasteiger partial charge on any atom is -0.497 e. The Hall–Kier alpha value is -5.15. The number of azide groups is 2. The molecule has 0 radical (unpaired) electrons. The van der Waals surface area contributed by atoms with Gasteiger partial charge >= 0.3 is 0 Å². The topological polar surface area (TPSA) is 218 Å². The normalized spacial score (nSPS) is 30.0. The zero-order valence-corrected chi connectivity index (χ0v) is 39.8. The van der Waals surface area contributed by atoms with E-state index in [-0.39, 0.29) is 33.0 Å². The lowest BCUT2D eigenvalue weighted by atomic mass is 9.93. The molecule has 0 aromatic heterocycles. The summed E-state index contributed by atoms with van der Waals surface area (Å²) in [4.78, 5) is 7.30. The van der Waals surface area contributed by atoms with Crippen LogP contribution in [-0.4, -0.2) is 121 Å². The largest absolute Gasteiger partial charge is 0.497 e. The third-order valence-electron chi connectivity index (χ3n) is 12.3. The second-order valence-electron chi connectivity index (χ2n) is 16.3. The summed E-state index contributed by atoms with van der Waals surface area (Å²) in [5.74, 6) is -0.804. The number of methoxy groups -OCH3 is 5. The molecule has 20 heteroatoms. The number of hydrogen-bond acceptors (Lipinski definition) is 16. The average Bonchev–Trinajstić information content (AvgIpc) is 3.37. The molecule has 7 rings (SSSR count). The summed E-state index contributed by atoms with van der Waals surface area (Å²) in [6, 6.07) is 30.0. The number of benzene rings is 4. The number of hydrogen-bond donors (Lipinski definition) is 0. The molecule has 0 N–H and O–H groups in total. The number of ether oxygens (including phenoxy) is 13. The highest BCUT2D eigenvalue weighted by atomic mass is 32.2. The first-order chi connectivity index (χ1) is 33.1. The number of nitrogens with zero attached hydrogens (tertiary/aromatic N) is 6. The van der Waals surface area contributed by atoms with Gasteiger partial charge in [-0.1, -0.05) is 76.6 Å².